The monoisotopic (exact) mass is 265 g/mol. The number of pyridine rings is 1. The Kier molecular flexibility index (Phi) is 5.44. The molecule has 0 bridgehead atoms. The summed E-state index contributed by atoms with van der Waals surface area (Å²) < 4.78 is 0. The molecule has 6 heteroatoms. The maximum absolute atomic E-state index is 12.0. The molecular weight excluding hydrogens is 246 g/mol. The van der Waals surface area contributed by atoms with Gasteiger partial charge in [0, 0.05) is 18.3 Å². The Hall–Kier alpha value is -1.95. The maximum Gasteiger partial charge on any atom is 0.326 e. The van der Waals surface area contributed by atoms with Gasteiger partial charge in [0.15, 0.2) is 0 Å². The van der Waals surface area contributed by atoms with Crippen LogP contribution in [0, 0.1) is 5.92 Å². The molecule has 0 saturated heterocycles. The second-order valence-corrected chi connectivity index (χ2v) is 4.73. The van der Waals surface area contributed by atoms with Crippen LogP contribution in [0.4, 0.5) is 0 Å². The SMILES string of the molecule is CC(C)CC(NC(=O)c1ccnc(CN)c1)C(=O)O. The Balaban J connectivity index is 2.78. The Morgan fingerprint density at radius 3 is 2.68 bits per heavy atom. The van der Waals surface area contributed by atoms with E-state index in [1.54, 1.807) is 6.07 Å². The van der Waals surface area contributed by atoms with Crippen molar-refractivity contribution in [2.45, 2.75) is 32.9 Å². The van der Waals surface area contributed by atoms with E-state index >= 15 is 0 Å². The number of rotatable bonds is 6. The van der Waals surface area contributed by atoms with E-state index in [0.29, 0.717) is 17.7 Å². The van der Waals surface area contributed by atoms with Gasteiger partial charge in [0.2, 0.25) is 0 Å². The van der Waals surface area contributed by atoms with E-state index < -0.39 is 17.9 Å². The average Bonchev–Trinajstić information content (AvgIpc) is 2.37. The molecule has 0 aliphatic carbocycles. The van der Waals surface area contributed by atoms with Crippen molar-refractivity contribution in [1.29, 1.82) is 0 Å². The quantitative estimate of drug-likeness (QED) is 0.704. The number of hydrogen-bond donors (Lipinski definition) is 3. The molecule has 0 fully saturated rings. The fourth-order valence-corrected chi connectivity index (χ4v) is 1.67. The standard InChI is InChI=1S/C13H19N3O3/c1-8(2)5-11(13(18)19)16-12(17)9-3-4-15-10(6-9)7-14/h3-4,6,8,11H,5,7,14H2,1-2H3,(H,16,17)(H,18,19). The van der Waals surface area contributed by atoms with Gasteiger partial charge in [-0.15, -0.1) is 0 Å². The Morgan fingerprint density at radius 1 is 1.47 bits per heavy atom. The van der Waals surface area contributed by atoms with E-state index in [4.69, 9.17) is 10.8 Å². The molecule has 0 spiro atoms. The molecule has 0 radical (unpaired) electrons. The van der Waals surface area contributed by atoms with Crippen molar-refractivity contribution in [2.75, 3.05) is 0 Å². The number of carbonyl (C=O) groups is 2. The van der Waals surface area contributed by atoms with Gasteiger partial charge in [0.1, 0.15) is 6.04 Å². The molecule has 1 atom stereocenters. The molecule has 1 aromatic rings. The molecule has 19 heavy (non-hydrogen) atoms. The highest BCUT2D eigenvalue weighted by Gasteiger charge is 2.21. The van der Waals surface area contributed by atoms with Crippen molar-refractivity contribution in [1.82, 2.24) is 10.3 Å². The van der Waals surface area contributed by atoms with E-state index in [0.717, 1.165) is 0 Å². The van der Waals surface area contributed by atoms with Crippen LogP contribution in [0.3, 0.4) is 0 Å². The number of aliphatic carboxylic acids is 1. The van der Waals surface area contributed by atoms with E-state index in [2.05, 4.69) is 10.3 Å². The van der Waals surface area contributed by atoms with E-state index in [9.17, 15) is 9.59 Å². The smallest absolute Gasteiger partial charge is 0.326 e. The van der Waals surface area contributed by atoms with Crippen LogP contribution in [0.1, 0.15) is 36.3 Å². The fraction of sp³-hybridized carbons (Fsp3) is 0.462. The molecule has 1 heterocycles. The average molecular weight is 265 g/mol. The third kappa shape index (κ3) is 4.67. The summed E-state index contributed by atoms with van der Waals surface area (Å²) in [7, 11) is 0. The van der Waals surface area contributed by atoms with Gasteiger partial charge in [-0.2, -0.15) is 0 Å². The highest BCUT2D eigenvalue weighted by molar-refractivity contribution is 5.96. The summed E-state index contributed by atoms with van der Waals surface area (Å²) in [5.41, 5.74) is 6.40. The van der Waals surface area contributed by atoms with Gasteiger partial charge in [-0.25, -0.2) is 4.79 Å². The first-order valence-corrected chi connectivity index (χ1v) is 6.12. The summed E-state index contributed by atoms with van der Waals surface area (Å²) in [5, 5.41) is 11.6. The first-order valence-electron chi connectivity index (χ1n) is 6.12. The second kappa shape index (κ2) is 6.84. The van der Waals surface area contributed by atoms with Crippen LogP contribution >= 0.6 is 0 Å². The van der Waals surface area contributed by atoms with Crippen LogP contribution in [0.15, 0.2) is 18.3 Å². The summed E-state index contributed by atoms with van der Waals surface area (Å²) in [4.78, 5) is 27.0. The molecule has 0 aliphatic heterocycles. The van der Waals surface area contributed by atoms with Gasteiger partial charge in [0.25, 0.3) is 5.91 Å². The molecule has 0 aromatic carbocycles. The van der Waals surface area contributed by atoms with Gasteiger partial charge in [-0.05, 0) is 24.5 Å². The summed E-state index contributed by atoms with van der Waals surface area (Å²) in [5.74, 6) is -1.28. The zero-order chi connectivity index (χ0) is 14.4. The van der Waals surface area contributed by atoms with E-state index in [1.165, 1.54) is 12.3 Å². The number of carbonyl (C=O) groups excluding carboxylic acids is 1. The molecule has 4 N–H and O–H groups in total. The molecule has 0 aliphatic rings. The van der Waals surface area contributed by atoms with E-state index in [-0.39, 0.29) is 12.5 Å². The zero-order valence-electron chi connectivity index (χ0n) is 11.1. The van der Waals surface area contributed by atoms with Crippen molar-refractivity contribution in [2.24, 2.45) is 11.7 Å². The Morgan fingerprint density at radius 2 is 2.16 bits per heavy atom. The molecule has 1 amide bonds. The highest BCUT2D eigenvalue weighted by atomic mass is 16.4. The lowest BCUT2D eigenvalue weighted by molar-refractivity contribution is -0.139. The van der Waals surface area contributed by atoms with E-state index in [1.807, 2.05) is 13.8 Å². The van der Waals surface area contributed by atoms with Crippen LogP contribution in [-0.2, 0) is 11.3 Å². The minimum Gasteiger partial charge on any atom is -0.480 e. The summed E-state index contributed by atoms with van der Waals surface area (Å²) in [6.07, 6.45) is 1.87. The Bertz CT molecular complexity index is 460. The number of nitrogens with one attached hydrogen (secondary N) is 1. The second-order valence-electron chi connectivity index (χ2n) is 4.73. The number of carboxylic acid groups (broad SMARTS) is 1. The lowest BCUT2D eigenvalue weighted by Crippen LogP contribution is -2.41. The van der Waals surface area contributed by atoms with Crippen LogP contribution < -0.4 is 11.1 Å². The Labute approximate surface area is 112 Å². The number of aromatic nitrogens is 1. The predicted molar refractivity (Wildman–Crippen MR) is 70.5 cm³/mol. The number of nitrogens with zero attached hydrogens (tertiary/aromatic N) is 1. The molecule has 1 unspecified atom stereocenters. The molecule has 1 rings (SSSR count). The van der Waals surface area contributed by atoms with Crippen molar-refractivity contribution in [3.63, 3.8) is 0 Å². The van der Waals surface area contributed by atoms with Gasteiger partial charge in [-0.1, -0.05) is 13.8 Å². The first-order chi connectivity index (χ1) is 8.93. The molecule has 1 aromatic heterocycles. The van der Waals surface area contributed by atoms with Crippen LogP contribution in [0.5, 0.6) is 0 Å². The van der Waals surface area contributed by atoms with Crippen molar-refractivity contribution < 1.29 is 14.7 Å². The third-order valence-electron chi connectivity index (χ3n) is 2.60. The van der Waals surface area contributed by atoms with Crippen molar-refractivity contribution in [3.05, 3.63) is 29.6 Å². The zero-order valence-corrected chi connectivity index (χ0v) is 11.1. The molecule has 0 saturated carbocycles. The molecular formula is C13H19N3O3. The highest BCUT2D eigenvalue weighted by Crippen LogP contribution is 2.07. The molecule has 104 valence electrons. The minimum absolute atomic E-state index is 0.179. The largest absolute Gasteiger partial charge is 0.480 e. The summed E-state index contributed by atoms with van der Waals surface area (Å²) >= 11 is 0. The van der Waals surface area contributed by atoms with Gasteiger partial charge < -0.3 is 16.2 Å². The van der Waals surface area contributed by atoms with Gasteiger partial charge >= 0.3 is 5.97 Å². The summed E-state index contributed by atoms with van der Waals surface area (Å²) in [6, 6.07) is 2.20. The van der Waals surface area contributed by atoms with Crippen molar-refractivity contribution >= 4 is 11.9 Å². The lowest BCUT2D eigenvalue weighted by atomic mass is 10.0. The number of carboxylic acids is 1. The van der Waals surface area contributed by atoms with Crippen LogP contribution in [0.2, 0.25) is 0 Å². The number of amides is 1. The third-order valence-corrected chi connectivity index (χ3v) is 2.60. The van der Waals surface area contributed by atoms with Crippen molar-refractivity contribution in [3.8, 4) is 0 Å². The van der Waals surface area contributed by atoms with Crippen LogP contribution in [0.25, 0.3) is 0 Å². The topological polar surface area (TPSA) is 105 Å². The number of nitrogens with two attached hydrogens (primary N) is 1. The first kappa shape index (κ1) is 15.1. The van der Waals surface area contributed by atoms with Gasteiger partial charge in [-0.3, -0.25) is 9.78 Å². The predicted octanol–water partition coefficient (Wildman–Crippen LogP) is 0.769. The lowest BCUT2D eigenvalue weighted by Gasteiger charge is -2.16. The molecule has 6 nitrogen and oxygen atoms in total. The normalized spacial score (nSPS) is 12.2. The maximum atomic E-state index is 12.0. The van der Waals surface area contributed by atoms with Crippen LogP contribution in [-0.4, -0.2) is 28.0 Å². The minimum atomic E-state index is -1.03. The fourth-order valence-electron chi connectivity index (χ4n) is 1.67. The number of hydrogen-bond acceptors (Lipinski definition) is 4. The summed E-state index contributed by atoms with van der Waals surface area (Å²) in [6.45, 7) is 4.04. The van der Waals surface area contributed by atoms with Gasteiger partial charge in [0.05, 0.1) is 5.69 Å².